The highest BCUT2D eigenvalue weighted by molar-refractivity contribution is 9.10. The van der Waals surface area contributed by atoms with Crippen LogP contribution in [0.3, 0.4) is 0 Å². The molecular formula is C44H30BrN. The van der Waals surface area contributed by atoms with E-state index in [4.69, 9.17) is 0 Å². The van der Waals surface area contributed by atoms with Crippen molar-refractivity contribution in [1.29, 1.82) is 0 Å². The summed E-state index contributed by atoms with van der Waals surface area (Å²) in [5.41, 5.74) is 16.8. The fraction of sp³-hybridized carbons (Fsp3) is 0.0455. The van der Waals surface area contributed by atoms with Crippen molar-refractivity contribution in [2.45, 2.75) is 11.8 Å². The van der Waals surface area contributed by atoms with Gasteiger partial charge in [-0.2, -0.15) is 0 Å². The number of hydrogen-bond donors (Lipinski definition) is 0. The van der Waals surface area contributed by atoms with Gasteiger partial charge in [-0.25, -0.2) is 0 Å². The molecule has 10 rings (SSSR count). The predicted octanol–water partition coefficient (Wildman–Crippen LogP) is 12.2. The minimum absolute atomic E-state index is 0.162. The van der Waals surface area contributed by atoms with Gasteiger partial charge < -0.3 is 4.90 Å². The first kappa shape index (κ1) is 27.2. The molecule has 0 unspecified atom stereocenters. The summed E-state index contributed by atoms with van der Waals surface area (Å²) in [6, 6.07) is 61.9. The van der Waals surface area contributed by atoms with Gasteiger partial charge in [0, 0.05) is 33.1 Å². The lowest BCUT2D eigenvalue weighted by Gasteiger charge is -2.44. The lowest BCUT2D eigenvalue weighted by atomic mass is 9.60. The summed E-state index contributed by atoms with van der Waals surface area (Å²) < 4.78 is 1.18. The summed E-state index contributed by atoms with van der Waals surface area (Å²) in [6.07, 6.45) is 0. The zero-order valence-electron chi connectivity index (χ0n) is 25.1. The SMILES string of the molecule is Brc1ccc(-c2ccccc2N(c2ccccc2)c2ccccc2-c2ccccc2)c2c1C1c3ccccc3C2c2ccccc21. The van der Waals surface area contributed by atoms with Gasteiger partial charge in [0.15, 0.2) is 0 Å². The first-order valence-corrected chi connectivity index (χ1v) is 16.7. The summed E-state index contributed by atoms with van der Waals surface area (Å²) in [6.45, 7) is 0. The number of rotatable bonds is 5. The third-order valence-corrected chi connectivity index (χ3v) is 10.4. The number of hydrogen-bond acceptors (Lipinski definition) is 1. The molecule has 1 nitrogen and oxygen atoms in total. The topological polar surface area (TPSA) is 3.24 Å². The molecule has 0 radical (unpaired) electrons. The van der Waals surface area contributed by atoms with Gasteiger partial charge >= 0.3 is 0 Å². The number of para-hydroxylation sites is 3. The van der Waals surface area contributed by atoms with Gasteiger partial charge in [0.25, 0.3) is 0 Å². The molecule has 7 aromatic carbocycles. The van der Waals surface area contributed by atoms with Crippen LogP contribution < -0.4 is 4.90 Å². The predicted molar refractivity (Wildman–Crippen MR) is 194 cm³/mol. The molecule has 0 heterocycles. The van der Waals surface area contributed by atoms with Crippen LogP contribution in [0.1, 0.15) is 45.2 Å². The molecule has 0 spiro atoms. The number of benzene rings is 7. The normalized spacial score (nSPS) is 15.5. The van der Waals surface area contributed by atoms with Gasteiger partial charge in [0.2, 0.25) is 0 Å². The van der Waals surface area contributed by atoms with Gasteiger partial charge in [-0.1, -0.05) is 155 Å². The Kier molecular flexibility index (Phi) is 6.50. The molecule has 0 saturated carbocycles. The van der Waals surface area contributed by atoms with E-state index in [0.29, 0.717) is 0 Å². The molecule has 2 heteroatoms. The van der Waals surface area contributed by atoms with E-state index >= 15 is 0 Å². The molecule has 0 saturated heterocycles. The molecule has 0 amide bonds. The van der Waals surface area contributed by atoms with E-state index in [-0.39, 0.29) is 11.8 Å². The van der Waals surface area contributed by atoms with Crippen LogP contribution in [-0.2, 0) is 0 Å². The Morgan fingerprint density at radius 3 is 1.43 bits per heavy atom. The third-order valence-electron chi connectivity index (χ3n) is 9.73. The van der Waals surface area contributed by atoms with Gasteiger partial charge in [-0.15, -0.1) is 0 Å². The maximum absolute atomic E-state index is 4.04. The number of halogens is 1. The van der Waals surface area contributed by atoms with Crippen molar-refractivity contribution < 1.29 is 0 Å². The van der Waals surface area contributed by atoms with Crippen molar-refractivity contribution in [2.24, 2.45) is 0 Å². The minimum Gasteiger partial charge on any atom is -0.309 e. The Morgan fingerprint density at radius 1 is 0.370 bits per heavy atom. The molecule has 0 aromatic heterocycles. The smallest absolute Gasteiger partial charge is 0.0540 e. The lowest BCUT2D eigenvalue weighted by Crippen LogP contribution is -2.28. The fourth-order valence-electron chi connectivity index (χ4n) is 7.89. The Labute approximate surface area is 278 Å². The lowest BCUT2D eigenvalue weighted by molar-refractivity contribution is 0.752. The Hall–Kier alpha value is -5.18. The highest BCUT2D eigenvalue weighted by Gasteiger charge is 2.43. The molecule has 46 heavy (non-hydrogen) atoms. The zero-order valence-corrected chi connectivity index (χ0v) is 26.7. The molecule has 0 N–H and O–H groups in total. The van der Waals surface area contributed by atoms with Crippen LogP contribution in [0, 0.1) is 0 Å². The summed E-state index contributed by atoms with van der Waals surface area (Å²) in [4.78, 5) is 2.44. The van der Waals surface area contributed by atoms with Crippen LogP contribution in [0.15, 0.2) is 174 Å². The van der Waals surface area contributed by atoms with Crippen molar-refractivity contribution in [3.63, 3.8) is 0 Å². The van der Waals surface area contributed by atoms with Gasteiger partial charge in [0.05, 0.1) is 11.4 Å². The van der Waals surface area contributed by atoms with Crippen LogP contribution in [0.4, 0.5) is 17.1 Å². The second kappa shape index (κ2) is 11.0. The molecular weight excluding hydrogens is 622 g/mol. The quantitative estimate of drug-likeness (QED) is 0.179. The maximum Gasteiger partial charge on any atom is 0.0540 e. The Bertz CT molecular complexity index is 2190. The molecule has 0 fully saturated rings. The van der Waals surface area contributed by atoms with Crippen molar-refractivity contribution in [1.82, 2.24) is 0 Å². The molecule has 2 bridgehead atoms. The summed E-state index contributed by atoms with van der Waals surface area (Å²) in [5, 5.41) is 0. The van der Waals surface area contributed by atoms with Gasteiger partial charge in [0.1, 0.15) is 0 Å². The first-order chi connectivity index (χ1) is 22.8. The van der Waals surface area contributed by atoms with Crippen molar-refractivity contribution >= 4 is 33.0 Å². The van der Waals surface area contributed by atoms with E-state index in [9.17, 15) is 0 Å². The maximum atomic E-state index is 4.04. The van der Waals surface area contributed by atoms with Gasteiger partial charge in [-0.3, -0.25) is 0 Å². The third kappa shape index (κ3) is 4.14. The molecule has 0 atom stereocenters. The van der Waals surface area contributed by atoms with E-state index < -0.39 is 0 Å². The molecule has 0 aliphatic heterocycles. The van der Waals surface area contributed by atoms with Crippen LogP contribution in [0.5, 0.6) is 0 Å². The number of anilines is 3. The Balaban J connectivity index is 1.32. The zero-order chi connectivity index (χ0) is 30.6. The largest absolute Gasteiger partial charge is 0.309 e. The van der Waals surface area contributed by atoms with Crippen molar-refractivity contribution in [2.75, 3.05) is 4.90 Å². The van der Waals surface area contributed by atoms with E-state index in [1.165, 1.54) is 60.1 Å². The molecule has 218 valence electrons. The van der Waals surface area contributed by atoms with Crippen LogP contribution in [0.25, 0.3) is 22.3 Å². The summed E-state index contributed by atoms with van der Waals surface area (Å²) >= 11 is 4.04. The molecule has 3 aliphatic carbocycles. The van der Waals surface area contributed by atoms with E-state index in [2.05, 4.69) is 191 Å². The summed E-state index contributed by atoms with van der Waals surface area (Å²) in [7, 11) is 0. The molecule has 3 aliphatic rings. The van der Waals surface area contributed by atoms with Crippen LogP contribution >= 0.6 is 15.9 Å². The second-order valence-electron chi connectivity index (χ2n) is 12.1. The number of nitrogens with zero attached hydrogens (tertiary/aromatic N) is 1. The highest BCUT2D eigenvalue weighted by Crippen LogP contribution is 2.60. The average molecular weight is 653 g/mol. The van der Waals surface area contributed by atoms with Gasteiger partial charge in [-0.05, 0) is 74.8 Å². The minimum atomic E-state index is 0.162. The monoisotopic (exact) mass is 651 g/mol. The second-order valence-corrected chi connectivity index (χ2v) is 13.0. The fourth-order valence-corrected chi connectivity index (χ4v) is 8.47. The van der Waals surface area contributed by atoms with Crippen LogP contribution in [-0.4, -0.2) is 0 Å². The Morgan fingerprint density at radius 2 is 0.826 bits per heavy atom. The first-order valence-electron chi connectivity index (χ1n) is 15.9. The highest BCUT2D eigenvalue weighted by atomic mass is 79.9. The van der Waals surface area contributed by atoms with Crippen molar-refractivity contribution in [3.8, 4) is 22.3 Å². The van der Waals surface area contributed by atoms with Crippen molar-refractivity contribution in [3.05, 3.63) is 208 Å². The molecule has 7 aromatic rings. The van der Waals surface area contributed by atoms with Crippen LogP contribution in [0.2, 0.25) is 0 Å². The van der Waals surface area contributed by atoms with E-state index in [0.717, 1.165) is 17.1 Å². The van der Waals surface area contributed by atoms with E-state index in [1.807, 2.05) is 0 Å². The summed E-state index contributed by atoms with van der Waals surface area (Å²) in [5.74, 6) is 0.354. The standard InChI is InChI=1S/C44H30BrN/c45-38-28-27-37(43-41-33-21-7-9-23-35(33)42(44(38)43)36-24-10-8-22-34(36)41)32-20-12-14-26-40(32)46(30-17-5-2-6-18-30)39-25-13-11-19-31(39)29-15-3-1-4-16-29/h1-28,41-42H. The van der Waals surface area contributed by atoms with E-state index in [1.54, 1.807) is 0 Å². The average Bonchev–Trinajstić information content (AvgIpc) is 3.13.